The normalized spacial score (nSPS) is 16.0. The average molecular weight is 315 g/mol. The molecule has 6 heteroatoms. The van der Waals surface area contributed by atoms with E-state index in [-0.39, 0.29) is 0 Å². The Balaban J connectivity index is 1.67. The molecule has 1 aliphatic rings. The molecule has 1 saturated heterocycles. The smallest absolute Gasteiger partial charge is 0.150 e. The van der Waals surface area contributed by atoms with Crippen LogP contribution in [0, 0.1) is 13.8 Å². The first-order valence-corrected chi connectivity index (χ1v) is 8.24. The highest BCUT2D eigenvalue weighted by atomic mass is 16.5. The number of nitrogens with zero attached hydrogens (tertiary/aromatic N) is 5. The molecule has 1 fully saturated rings. The van der Waals surface area contributed by atoms with Gasteiger partial charge in [-0.3, -0.25) is 4.98 Å². The molecule has 3 rings (SSSR count). The van der Waals surface area contributed by atoms with Crippen LogP contribution in [0.5, 0.6) is 0 Å². The first-order chi connectivity index (χ1) is 11.2. The minimum absolute atomic E-state index is 0.510. The van der Waals surface area contributed by atoms with Gasteiger partial charge in [0.05, 0.1) is 18.0 Å². The molecule has 124 valence electrons. The molecule has 2 aromatic rings. The Bertz CT molecular complexity index is 646. The highest BCUT2D eigenvalue weighted by Gasteiger charge is 2.25. The van der Waals surface area contributed by atoms with Crippen molar-refractivity contribution in [3.8, 4) is 0 Å². The summed E-state index contributed by atoms with van der Waals surface area (Å²) < 4.78 is 7.41. The van der Waals surface area contributed by atoms with E-state index in [1.807, 2.05) is 26.2 Å². The van der Waals surface area contributed by atoms with Gasteiger partial charge < -0.3 is 14.2 Å². The SMILES string of the molecule is COCCn1ccnc1C1CCN(c2nc(C)cnc2C)CC1. The first-order valence-electron chi connectivity index (χ1n) is 8.24. The molecule has 0 atom stereocenters. The van der Waals surface area contributed by atoms with Crippen molar-refractivity contribution in [2.45, 2.75) is 39.2 Å². The molecule has 1 aliphatic heterocycles. The predicted octanol–water partition coefficient (Wildman–Crippen LogP) is 2.32. The molecule has 0 saturated carbocycles. The number of hydrogen-bond acceptors (Lipinski definition) is 5. The minimum Gasteiger partial charge on any atom is -0.383 e. The van der Waals surface area contributed by atoms with E-state index in [9.17, 15) is 0 Å². The second-order valence-corrected chi connectivity index (χ2v) is 6.15. The van der Waals surface area contributed by atoms with Gasteiger partial charge in [-0.05, 0) is 26.7 Å². The van der Waals surface area contributed by atoms with Crippen LogP contribution in [-0.2, 0) is 11.3 Å². The summed E-state index contributed by atoms with van der Waals surface area (Å²) in [5.74, 6) is 2.73. The Kier molecular flexibility index (Phi) is 4.91. The van der Waals surface area contributed by atoms with Gasteiger partial charge in [-0.15, -0.1) is 0 Å². The van der Waals surface area contributed by atoms with Crippen LogP contribution in [0.25, 0.3) is 0 Å². The molecule has 0 amide bonds. The summed E-state index contributed by atoms with van der Waals surface area (Å²) in [6.07, 6.45) is 7.97. The zero-order valence-corrected chi connectivity index (χ0v) is 14.2. The Hall–Kier alpha value is -1.95. The molecular weight excluding hydrogens is 290 g/mol. The van der Waals surface area contributed by atoms with E-state index in [0.717, 1.165) is 56.3 Å². The van der Waals surface area contributed by atoms with Crippen LogP contribution in [0.4, 0.5) is 5.82 Å². The molecule has 0 aromatic carbocycles. The molecule has 6 nitrogen and oxygen atoms in total. The third-order valence-corrected chi connectivity index (χ3v) is 4.49. The Morgan fingerprint density at radius 3 is 2.74 bits per heavy atom. The topological polar surface area (TPSA) is 56.1 Å². The van der Waals surface area contributed by atoms with E-state index in [1.54, 1.807) is 7.11 Å². The molecule has 0 aliphatic carbocycles. The fourth-order valence-corrected chi connectivity index (χ4v) is 3.23. The predicted molar refractivity (Wildman–Crippen MR) is 89.8 cm³/mol. The molecule has 0 N–H and O–H groups in total. The van der Waals surface area contributed by atoms with E-state index in [0.29, 0.717) is 5.92 Å². The first kappa shape index (κ1) is 15.9. The highest BCUT2D eigenvalue weighted by molar-refractivity contribution is 5.43. The second-order valence-electron chi connectivity index (χ2n) is 6.15. The van der Waals surface area contributed by atoms with Crippen molar-refractivity contribution in [1.82, 2.24) is 19.5 Å². The lowest BCUT2D eigenvalue weighted by Gasteiger charge is -2.33. The number of ether oxygens (including phenoxy) is 1. The minimum atomic E-state index is 0.510. The quantitative estimate of drug-likeness (QED) is 0.847. The standard InChI is InChI=1S/C17H25N5O/c1-13-12-19-14(2)16(20-13)21-7-4-15(5-8-21)17-18-6-9-22(17)10-11-23-3/h6,9,12,15H,4-5,7-8,10-11H2,1-3H3. The maximum absolute atomic E-state index is 5.18. The maximum atomic E-state index is 5.18. The number of piperidine rings is 1. The summed E-state index contributed by atoms with van der Waals surface area (Å²) in [7, 11) is 1.74. The number of rotatable bonds is 5. The molecule has 0 spiro atoms. The molecule has 2 aromatic heterocycles. The third-order valence-electron chi connectivity index (χ3n) is 4.49. The van der Waals surface area contributed by atoms with Crippen LogP contribution in [0.1, 0.15) is 36.0 Å². The summed E-state index contributed by atoms with van der Waals surface area (Å²) in [5, 5.41) is 0. The van der Waals surface area contributed by atoms with Crippen molar-refractivity contribution in [3.05, 3.63) is 35.8 Å². The lowest BCUT2D eigenvalue weighted by atomic mass is 9.95. The Labute approximate surface area is 137 Å². The van der Waals surface area contributed by atoms with Gasteiger partial charge in [-0.25, -0.2) is 9.97 Å². The van der Waals surface area contributed by atoms with Crippen LogP contribution in [0.2, 0.25) is 0 Å². The fourth-order valence-electron chi connectivity index (χ4n) is 3.23. The molecule has 23 heavy (non-hydrogen) atoms. The summed E-state index contributed by atoms with van der Waals surface area (Å²) in [6, 6.07) is 0. The molecular formula is C17H25N5O. The van der Waals surface area contributed by atoms with E-state index in [1.165, 1.54) is 5.82 Å². The van der Waals surface area contributed by atoms with Crippen molar-refractivity contribution in [3.63, 3.8) is 0 Å². The van der Waals surface area contributed by atoms with Crippen molar-refractivity contribution in [1.29, 1.82) is 0 Å². The van der Waals surface area contributed by atoms with Gasteiger partial charge in [0.1, 0.15) is 11.6 Å². The maximum Gasteiger partial charge on any atom is 0.150 e. The van der Waals surface area contributed by atoms with Gasteiger partial charge in [0.15, 0.2) is 0 Å². The number of imidazole rings is 1. The molecule has 0 bridgehead atoms. The average Bonchev–Trinajstić information content (AvgIpc) is 3.04. The lowest BCUT2D eigenvalue weighted by Crippen LogP contribution is -2.35. The number of methoxy groups -OCH3 is 1. The van der Waals surface area contributed by atoms with Gasteiger partial charge in [-0.2, -0.15) is 0 Å². The van der Waals surface area contributed by atoms with Crippen molar-refractivity contribution < 1.29 is 4.74 Å². The van der Waals surface area contributed by atoms with Gasteiger partial charge in [0.25, 0.3) is 0 Å². The number of aryl methyl sites for hydroxylation is 2. The zero-order chi connectivity index (χ0) is 16.2. The van der Waals surface area contributed by atoms with E-state index >= 15 is 0 Å². The van der Waals surface area contributed by atoms with Crippen LogP contribution in [-0.4, -0.2) is 46.3 Å². The van der Waals surface area contributed by atoms with Crippen molar-refractivity contribution in [2.24, 2.45) is 0 Å². The van der Waals surface area contributed by atoms with Crippen molar-refractivity contribution >= 4 is 5.82 Å². The fraction of sp³-hybridized carbons (Fsp3) is 0.588. The lowest BCUT2D eigenvalue weighted by molar-refractivity contribution is 0.185. The molecule has 0 radical (unpaired) electrons. The Morgan fingerprint density at radius 2 is 2.00 bits per heavy atom. The summed E-state index contributed by atoms with van der Waals surface area (Å²) in [4.78, 5) is 16.0. The van der Waals surface area contributed by atoms with Crippen LogP contribution in [0.3, 0.4) is 0 Å². The Morgan fingerprint density at radius 1 is 1.22 bits per heavy atom. The summed E-state index contributed by atoms with van der Waals surface area (Å²) in [5.41, 5.74) is 1.98. The van der Waals surface area contributed by atoms with Crippen molar-refractivity contribution in [2.75, 3.05) is 31.7 Å². The highest BCUT2D eigenvalue weighted by Crippen LogP contribution is 2.29. The van der Waals surface area contributed by atoms with Gasteiger partial charge in [0.2, 0.25) is 0 Å². The van der Waals surface area contributed by atoms with E-state index < -0.39 is 0 Å². The van der Waals surface area contributed by atoms with E-state index in [4.69, 9.17) is 4.74 Å². The monoisotopic (exact) mass is 315 g/mol. The van der Waals surface area contributed by atoms with Crippen LogP contribution < -0.4 is 4.90 Å². The summed E-state index contributed by atoms with van der Waals surface area (Å²) in [6.45, 7) is 7.62. The van der Waals surface area contributed by atoms with Gasteiger partial charge in [0, 0.05) is 51.3 Å². The van der Waals surface area contributed by atoms with E-state index in [2.05, 4.69) is 30.6 Å². The van der Waals surface area contributed by atoms with Crippen LogP contribution in [0.15, 0.2) is 18.6 Å². The third kappa shape index (κ3) is 3.52. The summed E-state index contributed by atoms with van der Waals surface area (Å²) >= 11 is 0. The molecule has 3 heterocycles. The van der Waals surface area contributed by atoms with Crippen LogP contribution >= 0.6 is 0 Å². The van der Waals surface area contributed by atoms with Gasteiger partial charge in [-0.1, -0.05) is 0 Å². The second kappa shape index (κ2) is 7.08. The number of aromatic nitrogens is 4. The zero-order valence-electron chi connectivity index (χ0n) is 14.2. The number of anilines is 1. The largest absolute Gasteiger partial charge is 0.383 e. The molecule has 0 unspecified atom stereocenters. The van der Waals surface area contributed by atoms with Gasteiger partial charge >= 0.3 is 0 Å². The number of hydrogen-bond donors (Lipinski definition) is 0.